The number of amides is 1. The molecule has 0 bridgehead atoms. The minimum atomic E-state index is 0.0300. The van der Waals surface area contributed by atoms with Gasteiger partial charge in [0.05, 0.1) is 6.54 Å². The number of hydrogen-bond acceptors (Lipinski definition) is 2. The molecule has 0 aromatic heterocycles. The van der Waals surface area contributed by atoms with E-state index in [1.165, 1.54) is 0 Å². The van der Waals surface area contributed by atoms with Gasteiger partial charge in [0.2, 0.25) is 5.91 Å². The molecule has 0 atom stereocenters. The Morgan fingerprint density at radius 2 is 1.73 bits per heavy atom. The molecule has 2 aromatic carbocycles. The molecule has 0 aliphatic heterocycles. The van der Waals surface area contributed by atoms with E-state index in [0.29, 0.717) is 23.1 Å². The van der Waals surface area contributed by atoms with Crippen LogP contribution in [-0.2, 0) is 11.3 Å². The minimum Gasteiger partial charge on any atom is -0.376 e. The molecular formula is C17H18Cl2N2O. The van der Waals surface area contributed by atoms with Crippen molar-refractivity contribution in [2.45, 2.75) is 13.5 Å². The Bertz CT molecular complexity index is 612. The Morgan fingerprint density at radius 3 is 2.32 bits per heavy atom. The molecule has 0 spiro atoms. The predicted octanol–water partition coefficient (Wildman–Crippen LogP) is 4.45. The fourth-order valence-corrected chi connectivity index (χ4v) is 2.65. The SMILES string of the molecule is CCN(Cc1ccccc1)C(=O)CNc1cc(Cl)cc(Cl)c1. The van der Waals surface area contributed by atoms with Crippen LogP contribution in [0.5, 0.6) is 0 Å². The zero-order valence-electron chi connectivity index (χ0n) is 12.4. The van der Waals surface area contributed by atoms with Gasteiger partial charge in [0.25, 0.3) is 0 Å². The summed E-state index contributed by atoms with van der Waals surface area (Å²) in [5.41, 5.74) is 1.85. The average molecular weight is 337 g/mol. The zero-order valence-corrected chi connectivity index (χ0v) is 13.9. The molecule has 0 unspecified atom stereocenters. The van der Waals surface area contributed by atoms with Gasteiger partial charge in [0.1, 0.15) is 0 Å². The van der Waals surface area contributed by atoms with E-state index in [4.69, 9.17) is 23.2 Å². The molecule has 0 radical (unpaired) electrons. The number of nitrogens with zero attached hydrogens (tertiary/aromatic N) is 1. The van der Waals surface area contributed by atoms with Crippen LogP contribution < -0.4 is 5.32 Å². The van der Waals surface area contributed by atoms with Crippen molar-refractivity contribution in [1.82, 2.24) is 4.90 Å². The maximum atomic E-state index is 12.3. The van der Waals surface area contributed by atoms with Crippen molar-refractivity contribution < 1.29 is 4.79 Å². The molecule has 0 heterocycles. The van der Waals surface area contributed by atoms with Crippen molar-refractivity contribution in [3.8, 4) is 0 Å². The number of nitrogens with one attached hydrogen (secondary N) is 1. The van der Waals surface area contributed by atoms with Crippen molar-refractivity contribution in [3.63, 3.8) is 0 Å². The quantitative estimate of drug-likeness (QED) is 0.844. The second-order valence-corrected chi connectivity index (χ2v) is 5.78. The fourth-order valence-electron chi connectivity index (χ4n) is 2.13. The third kappa shape index (κ3) is 4.93. The molecule has 0 aliphatic carbocycles. The Hall–Kier alpha value is -1.71. The second-order valence-electron chi connectivity index (χ2n) is 4.91. The van der Waals surface area contributed by atoms with Crippen LogP contribution in [0.3, 0.4) is 0 Å². The van der Waals surface area contributed by atoms with E-state index in [9.17, 15) is 4.79 Å². The molecule has 1 N–H and O–H groups in total. The standard InChI is InChI=1S/C17H18Cl2N2O/c1-2-21(12-13-6-4-3-5-7-13)17(22)11-20-16-9-14(18)8-15(19)10-16/h3-10,20H,2,11-12H2,1H3. The van der Waals surface area contributed by atoms with Crippen molar-refractivity contribution >= 4 is 34.8 Å². The summed E-state index contributed by atoms with van der Waals surface area (Å²) in [7, 11) is 0. The minimum absolute atomic E-state index is 0.0300. The van der Waals surface area contributed by atoms with Crippen LogP contribution in [-0.4, -0.2) is 23.9 Å². The van der Waals surface area contributed by atoms with Crippen LogP contribution in [0.25, 0.3) is 0 Å². The first kappa shape index (κ1) is 16.7. The third-order valence-corrected chi connectivity index (χ3v) is 3.69. The lowest BCUT2D eigenvalue weighted by Crippen LogP contribution is -2.34. The Morgan fingerprint density at radius 1 is 1.09 bits per heavy atom. The summed E-state index contributed by atoms with van der Waals surface area (Å²) >= 11 is 11.9. The van der Waals surface area contributed by atoms with Crippen LogP contribution in [0.15, 0.2) is 48.5 Å². The lowest BCUT2D eigenvalue weighted by molar-refractivity contribution is -0.129. The first-order valence-corrected chi connectivity index (χ1v) is 7.85. The van der Waals surface area contributed by atoms with Crippen molar-refractivity contribution in [2.24, 2.45) is 0 Å². The molecule has 2 rings (SSSR count). The number of likely N-dealkylation sites (N-methyl/N-ethyl adjacent to an activating group) is 1. The third-order valence-electron chi connectivity index (χ3n) is 3.26. The smallest absolute Gasteiger partial charge is 0.242 e. The molecule has 0 saturated carbocycles. The van der Waals surface area contributed by atoms with Crippen molar-refractivity contribution in [3.05, 3.63) is 64.1 Å². The summed E-state index contributed by atoms with van der Waals surface area (Å²) in [6.07, 6.45) is 0. The molecule has 3 nitrogen and oxygen atoms in total. The van der Waals surface area contributed by atoms with Crippen LogP contribution in [0, 0.1) is 0 Å². The normalized spacial score (nSPS) is 10.3. The highest BCUT2D eigenvalue weighted by Crippen LogP contribution is 2.22. The van der Waals surface area contributed by atoms with E-state index in [1.807, 2.05) is 37.3 Å². The molecule has 0 fully saturated rings. The van der Waals surface area contributed by atoms with Gasteiger partial charge in [0, 0.05) is 28.8 Å². The largest absolute Gasteiger partial charge is 0.376 e. The zero-order chi connectivity index (χ0) is 15.9. The molecule has 1 amide bonds. The lowest BCUT2D eigenvalue weighted by Gasteiger charge is -2.21. The van der Waals surface area contributed by atoms with Crippen LogP contribution in [0.4, 0.5) is 5.69 Å². The number of halogens is 2. The molecule has 5 heteroatoms. The van der Waals surface area contributed by atoms with E-state index in [1.54, 1.807) is 23.1 Å². The van der Waals surface area contributed by atoms with Gasteiger partial charge in [0.15, 0.2) is 0 Å². The molecule has 2 aromatic rings. The monoisotopic (exact) mass is 336 g/mol. The average Bonchev–Trinajstić information content (AvgIpc) is 2.50. The molecule has 22 heavy (non-hydrogen) atoms. The predicted molar refractivity (Wildman–Crippen MR) is 92.5 cm³/mol. The number of carbonyl (C=O) groups is 1. The highest BCUT2D eigenvalue weighted by Gasteiger charge is 2.12. The van der Waals surface area contributed by atoms with E-state index >= 15 is 0 Å². The van der Waals surface area contributed by atoms with Crippen LogP contribution >= 0.6 is 23.2 Å². The maximum Gasteiger partial charge on any atom is 0.242 e. The first-order valence-electron chi connectivity index (χ1n) is 7.10. The topological polar surface area (TPSA) is 32.3 Å². The van der Waals surface area contributed by atoms with Gasteiger partial charge >= 0.3 is 0 Å². The second kappa shape index (κ2) is 8.06. The highest BCUT2D eigenvalue weighted by molar-refractivity contribution is 6.35. The van der Waals surface area contributed by atoms with Gasteiger partial charge < -0.3 is 10.2 Å². The number of anilines is 1. The van der Waals surface area contributed by atoms with Gasteiger partial charge in [-0.2, -0.15) is 0 Å². The van der Waals surface area contributed by atoms with Crippen molar-refractivity contribution in [2.75, 3.05) is 18.4 Å². The fraction of sp³-hybridized carbons (Fsp3) is 0.235. The summed E-state index contributed by atoms with van der Waals surface area (Å²) in [6, 6.07) is 15.1. The number of hydrogen-bond donors (Lipinski definition) is 1. The summed E-state index contributed by atoms with van der Waals surface area (Å²) in [5, 5.41) is 4.15. The van der Waals surface area contributed by atoms with E-state index < -0.39 is 0 Å². The number of carbonyl (C=O) groups excluding carboxylic acids is 1. The summed E-state index contributed by atoms with van der Waals surface area (Å²) in [5.74, 6) is 0.0300. The first-order chi connectivity index (χ1) is 10.6. The van der Waals surface area contributed by atoms with Gasteiger partial charge in [-0.1, -0.05) is 53.5 Å². The summed E-state index contributed by atoms with van der Waals surface area (Å²) < 4.78 is 0. The van der Waals surface area contributed by atoms with Gasteiger partial charge in [-0.15, -0.1) is 0 Å². The molecule has 116 valence electrons. The Kier molecular flexibility index (Phi) is 6.10. The Labute approximate surface area is 140 Å². The van der Waals surface area contributed by atoms with Crippen LogP contribution in [0.2, 0.25) is 10.0 Å². The van der Waals surface area contributed by atoms with E-state index in [0.717, 1.165) is 11.3 Å². The molecule has 0 saturated heterocycles. The molecule has 0 aliphatic rings. The molecular weight excluding hydrogens is 319 g/mol. The van der Waals surface area contributed by atoms with Gasteiger partial charge in [-0.25, -0.2) is 0 Å². The summed E-state index contributed by atoms with van der Waals surface area (Å²) in [6.45, 7) is 3.44. The number of benzene rings is 2. The van der Waals surface area contributed by atoms with Crippen molar-refractivity contribution in [1.29, 1.82) is 0 Å². The van der Waals surface area contributed by atoms with Crippen LogP contribution in [0.1, 0.15) is 12.5 Å². The lowest BCUT2D eigenvalue weighted by atomic mass is 10.2. The highest BCUT2D eigenvalue weighted by atomic mass is 35.5. The van der Waals surface area contributed by atoms with Gasteiger partial charge in [-0.05, 0) is 30.7 Å². The van der Waals surface area contributed by atoms with E-state index in [-0.39, 0.29) is 12.5 Å². The van der Waals surface area contributed by atoms with Gasteiger partial charge in [-0.3, -0.25) is 4.79 Å². The Balaban J connectivity index is 1.94. The summed E-state index contributed by atoms with van der Waals surface area (Å²) in [4.78, 5) is 14.1. The maximum absolute atomic E-state index is 12.3. The number of rotatable bonds is 6. The van der Waals surface area contributed by atoms with E-state index in [2.05, 4.69) is 5.32 Å².